The van der Waals surface area contributed by atoms with Crippen LogP contribution in [-0.2, 0) is 14.4 Å². The van der Waals surface area contributed by atoms with Crippen LogP contribution in [0.25, 0.3) is 0 Å². The molecule has 0 aliphatic rings. The van der Waals surface area contributed by atoms with Crippen molar-refractivity contribution < 1.29 is 14.4 Å². The fourth-order valence-electron chi connectivity index (χ4n) is 3.45. The zero-order chi connectivity index (χ0) is 20.5. The van der Waals surface area contributed by atoms with Gasteiger partial charge < -0.3 is 9.57 Å². The van der Waals surface area contributed by atoms with E-state index in [1.807, 2.05) is 54.6 Å². The molecule has 0 N–H and O–H groups in total. The lowest BCUT2D eigenvalue weighted by atomic mass is 10.3. The summed E-state index contributed by atoms with van der Waals surface area (Å²) in [6.07, 6.45) is 0.414. The fraction of sp³-hybridized carbons (Fsp3) is 0.167. The Bertz CT molecular complexity index is 847. The van der Waals surface area contributed by atoms with Crippen LogP contribution in [0.1, 0.15) is 6.92 Å². The minimum Gasteiger partial charge on any atom is -0.461 e. The molecule has 0 spiro atoms. The van der Waals surface area contributed by atoms with Crippen LogP contribution >= 0.6 is 7.26 Å². The molecule has 0 unspecified atom stereocenters. The molecule has 0 aliphatic carbocycles. The van der Waals surface area contributed by atoms with Crippen LogP contribution in [-0.4, -0.2) is 31.6 Å². The molecular formula is C24H25NO3P+. The number of hydrogen-bond acceptors (Lipinski definition) is 4. The molecule has 0 amide bonds. The number of nitrogens with zero attached hydrogens (tertiary/aromatic N) is 1. The van der Waals surface area contributed by atoms with E-state index in [4.69, 9.17) is 9.57 Å². The minimum absolute atomic E-state index is 0.287. The summed E-state index contributed by atoms with van der Waals surface area (Å²) in [7, 11) is -0.777. The summed E-state index contributed by atoms with van der Waals surface area (Å²) in [4.78, 5) is 17.7. The van der Waals surface area contributed by atoms with E-state index in [0.29, 0.717) is 11.9 Å². The van der Waals surface area contributed by atoms with Gasteiger partial charge in [0.1, 0.15) is 36.4 Å². The molecule has 3 aromatic carbocycles. The van der Waals surface area contributed by atoms with Crippen LogP contribution in [0.3, 0.4) is 0 Å². The van der Waals surface area contributed by atoms with Gasteiger partial charge in [-0.1, -0.05) is 59.8 Å². The molecule has 0 saturated carbocycles. The van der Waals surface area contributed by atoms with Gasteiger partial charge in [-0.3, -0.25) is 0 Å². The fourth-order valence-corrected chi connectivity index (χ4v) is 7.57. The number of oxime groups is 1. The molecule has 3 rings (SSSR count). The van der Waals surface area contributed by atoms with Gasteiger partial charge in [0.15, 0.2) is 0 Å². The highest BCUT2D eigenvalue weighted by Gasteiger charge is 2.48. The van der Waals surface area contributed by atoms with Crippen molar-refractivity contribution in [2.75, 3.05) is 19.9 Å². The standard InChI is InChI=1S/C24H25NO3P/c1-3-28-24(26)23(25-27-2)19-29(20-13-7-4-8-14-20,21-15-9-5-10-16-21)22-17-11-6-12-18-22/h4-18H,3,19H2,1-2H3/q+1/b25-23-. The van der Waals surface area contributed by atoms with Crippen molar-refractivity contribution in [2.24, 2.45) is 5.16 Å². The van der Waals surface area contributed by atoms with E-state index in [1.165, 1.54) is 23.0 Å². The summed E-state index contributed by atoms with van der Waals surface area (Å²) in [5, 5.41) is 7.59. The first-order chi connectivity index (χ1) is 14.2. The molecule has 0 radical (unpaired) electrons. The Hall–Kier alpha value is -2.97. The van der Waals surface area contributed by atoms with E-state index in [2.05, 4.69) is 41.6 Å². The zero-order valence-corrected chi connectivity index (χ0v) is 17.6. The first kappa shape index (κ1) is 20.8. The predicted molar refractivity (Wildman–Crippen MR) is 121 cm³/mol. The lowest BCUT2D eigenvalue weighted by Gasteiger charge is -2.27. The molecule has 4 nitrogen and oxygen atoms in total. The Morgan fingerprint density at radius 2 is 1.21 bits per heavy atom. The molecule has 0 saturated heterocycles. The molecule has 0 aliphatic heterocycles. The predicted octanol–water partition coefficient (Wildman–Crippen LogP) is 3.55. The van der Waals surface area contributed by atoms with Crippen molar-refractivity contribution in [2.45, 2.75) is 6.92 Å². The maximum absolute atomic E-state index is 12.7. The van der Waals surface area contributed by atoms with Crippen LogP contribution in [0.2, 0.25) is 0 Å². The van der Waals surface area contributed by atoms with E-state index < -0.39 is 13.2 Å². The second-order valence-electron chi connectivity index (χ2n) is 6.42. The summed E-state index contributed by atoms with van der Waals surface area (Å²) in [6, 6.07) is 31.0. The number of carbonyl (C=O) groups is 1. The number of hydrogen-bond donors (Lipinski definition) is 0. The molecular weight excluding hydrogens is 381 g/mol. The van der Waals surface area contributed by atoms with Crippen molar-refractivity contribution in [1.82, 2.24) is 0 Å². The van der Waals surface area contributed by atoms with E-state index in [0.717, 1.165) is 0 Å². The normalized spacial score (nSPS) is 11.7. The molecule has 0 bridgehead atoms. The molecule has 148 valence electrons. The molecule has 0 aromatic heterocycles. The summed E-state index contributed by atoms with van der Waals surface area (Å²) in [6.45, 7) is 2.07. The third-order valence-corrected chi connectivity index (χ3v) is 9.00. The SMILES string of the molecule is CCOC(=O)/C(C[P+](c1ccccc1)(c1ccccc1)c1ccccc1)=N\OC. The van der Waals surface area contributed by atoms with Crippen LogP contribution in [0.5, 0.6) is 0 Å². The van der Waals surface area contributed by atoms with Gasteiger partial charge in [0.05, 0.1) is 6.61 Å². The van der Waals surface area contributed by atoms with Gasteiger partial charge in [0.25, 0.3) is 0 Å². The topological polar surface area (TPSA) is 47.9 Å². The largest absolute Gasteiger partial charge is 0.461 e. The second-order valence-corrected chi connectivity index (χ2v) is 9.90. The van der Waals surface area contributed by atoms with Crippen molar-refractivity contribution in [1.29, 1.82) is 0 Å². The highest BCUT2D eigenvalue weighted by molar-refractivity contribution is 7.96. The highest BCUT2D eigenvalue weighted by Crippen LogP contribution is 2.55. The van der Waals surface area contributed by atoms with Crippen LogP contribution in [0.15, 0.2) is 96.2 Å². The lowest BCUT2D eigenvalue weighted by Crippen LogP contribution is -2.38. The van der Waals surface area contributed by atoms with Gasteiger partial charge in [-0.2, -0.15) is 0 Å². The highest BCUT2D eigenvalue weighted by atomic mass is 31.2. The van der Waals surface area contributed by atoms with Crippen LogP contribution in [0, 0.1) is 0 Å². The Balaban J connectivity index is 2.27. The Labute approximate surface area is 172 Å². The summed E-state index contributed by atoms with van der Waals surface area (Å²) in [5.74, 6) is -0.443. The number of benzene rings is 3. The first-order valence-electron chi connectivity index (χ1n) is 9.54. The van der Waals surface area contributed by atoms with Gasteiger partial charge in [-0.25, -0.2) is 4.79 Å². The lowest BCUT2D eigenvalue weighted by molar-refractivity contribution is -0.135. The third kappa shape index (κ3) is 4.55. The number of ether oxygens (including phenoxy) is 1. The smallest absolute Gasteiger partial charge is 0.360 e. The first-order valence-corrected chi connectivity index (χ1v) is 11.5. The summed E-state index contributed by atoms with van der Waals surface area (Å²) in [5.41, 5.74) is 0.291. The van der Waals surface area contributed by atoms with Crippen molar-refractivity contribution in [3.05, 3.63) is 91.0 Å². The molecule has 5 heteroatoms. The summed E-state index contributed by atoms with van der Waals surface area (Å²) < 4.78 is 5.28. The van der Waals surface area contributed by atoms with Gasteiger partial charge in [-0.05, 0) is 43.3 Å². The second kappa shape index (κ2) is 9.99. The average Bonchev–Trinajstić information content (AvgIpc) is 2.79. The van der Waals surface area contributed by atoms with E-state index in [-0.39, 0.29) is 6.61 Å². The van der Waals surface area contributed by atoms with E-state index >= 15 is 0 Å². The van der Waals surface area contributed by atoms with Gasteiger partial charge in [0.2, 0.25) is 5.71 Å². The van der Waals surface area contributed by atoms with Crippen molar-refractivity contribution >= 4 is 34.9 Å². The van der Waals surface area contributed by atoms with Crippen molar-refractivity contribution in [3.63, 3.8) is 0 Å². The molecule has 0 fully saturated rings. The number of rotatable bonds is 8. The Kier molecular flexibility index (Phi) is 7.15. The number of esters is 1. The van der Waals surface area contributed by atoms with Crippen LogP contribution < -0.4 is 15.9 Å². The van der Waals surface area contributed by atoms with Gasteiger partial charge >= 0.3 is 5.97 Å². The maximum atomic E-state index is 12.7. The molecule has 0 heterocycles. The van der Waals surface area contributed by atoms with Crippen molar-refractivity contribution in [3.8, 4) is 0 Å². The zero-order valence-electron chi connectivity index (χ0n) is 16.7. The van der Waals surface area contributed by atoms with E-state index in [9.17, 15) is 4.79 Å². The average molecular weight is 406 g/mol. The molecule has 0 atom stereocenters. The van der Waals surface area contributed by atoms with Gasteiger partial charge in [-0.15, -0.1) is 0 Å². The Morgan fingerprint density at radius 1 is 0.793 bits per heavy atom. The third-order valence-electron chi connectivity index (χ3n) is 4.69. The van der Waals surface area contributed by atoms with Crippen LogP contribution in [0.4, 0.5) is 0 Å². The molecule has 29 heavy (non-hydrogen) atoms. The monoisotopic (exact) mass is 406 g/mol. The summed E-state index contributed by atoms with van der Waals surface area (Å²) >= 11 is 0. The molecule has 3 aromatic rings. The quantitative estimate of drug-likeness (QED) is 0.249. The minimum atomic E-state index is -2.23. The number of carbonyl (C=O) groups excluding carboxylic acids is 1. The Morgan fingerprint density at radius 3 is 1.55 bits per heavy atom. The van der Waals surface area contributed by atoms with Gasteiger partial charge in [0, 0.05) is 0 Å². The maximum Gasteiger partial charge on any atom is 0.360 e. The van der Waals surface area contributed by atoms with E-state index in [1.54, 1.807) is 6.92 Å².